The number of aryl methyl sites for hydroxylation is 1. The molecule has 0 fully saturated rings. The van der Waals surface area contributed by atoms with Crippen LogP contribution in [-0.2, 0) is 6.42 Å². The van der Waals surface area contributed by atoms with E-state index < -0.39 is 0 Å². The second-order valence-corrected chi connectivity index (χ2v) is 6.71. The van der Waals surface area contributed by atoms with E-state index in [4.69, 9.17) is 9.47 Å². The van der Waals surface area contributed by atoms with E-state index in [1.165, 1.54) is 5.56 Å². The molecule has 148 valence electrons. The monoisotopic (exact) mass is 390 g/mol. The molecule has 2 heterocycles. The first-order valence-corrected chi connectivity index (χ1v) is 9.33. The fraction of sp³-hybridized carbons (Fsp3) is 0.227. The predicted octanol–water partition coefficient (Wildman–Crippen LogP) is 3.75. The summed E-state index contributed by atoms with van der Waals surface area (Å²) >= 11 is 0. The number of carbonyl (C=O) groups is 1. The average Bonchev–Trinajstić information content (AvgIpc) is 3.17. The molecule has 4 rings (SSSR count). The second-order valence-electron chi connectivity index (χ2n) is 6.71. The van der Waals surface area contributed by atoms with Crippen LogP contribution in [0, 0.1) is 6.92 Å². The lowest BCUT2D eigenvalue weighted by Crippen LogP contribution is -2.30. The molecular formula is C22H22N4O3. The Hall–Kier alpha value is -3.61. The van der Waals surface area contributed by atoms with Gasteiger partial charge in [0, 0.05) is 24.4 Å². The van der Waals surface area contributed by atoms with Gasteiger partial charge in [0.1, 0.15) is 28.8 Å². The summed E-state index contributed by atoms with van der Waals surface area (Å²) in [6, 6.07) is 15.1. The van der Waals surface area contributed by atoms with Crippen LogP contribution in [0.15, 0.2) is 48.5 Å². The SMILES string of the molecule is COc1ccc(Nc2cc(C(=O)N3CCc4ccccc43)nc(C)n2)c(OC)c1. The van der Waals surface area contributed by atoms with Crippen molar-refractivity contribution in [3.63, 3.8) is 0 Å². The van der Waals surface area contributed by atoms with Crippen LogP contribution in [-0.4, -0.2) is 36.6 Å². The smallest absolute Gasteiger partial charge is 0.277 e. The number of ether oxygens (including phenoxy) is 2. The van der Waals surface area contributed by atoms with Gasteiger partial charge in [-0.3, -0.25) is 4.79 Å². The van der Waals surface area contributed by atoms with Crippen molar-refractivity contribution in [3.8, 4) is 11.5 Å². The van der Waals surface area contributed by atoms with Gasteiger partial charge in [-0.05, 0) is 37.1 Å². The van der Waals surface area contributed by atoms with Gasteiger partial charge in [-0.25, -0.2) is 9.97 Å². The van der Waals surface area contributed by atoms with E-state index >= 15 is 0 Å². The van der Waals surface area contributed by atoms with E-state index in [0.717, 1.165) is 17.8 Å². The number of carbonyl (C=O) groups excluding carboxylic acids is 1. The van der Waals surface area contributed by atoms with Crippen molar-refractivity contribution in [2.45, 2.75) is 13.3 Å². The van der Waals surface area contributed by atoms with E-state index in [9.17, 15) is 4.79 Å². The Morgan fingerprint density at radius 1 is 1.07 bits per heavy atom. The highest BCUT2D eigenvalue weighted by molar-refractivity contribution is 6.06. The molecule has 1 aliphatic rings. The first-order valence-electron chi connectivity index (χ1n) is 9.33. The van der Waals surface area contributed by atoms with Crippen molar-refractivity contribution in [3.05, 3.63) is 65.6 Å². The molecule has 2 aromatic carbocycles. The number of nitrogens with one attached hydrogen (secondary N) is 1. The Bertz CT molecular complexity index is 1070. The van der Waals surface area contributed by atoms with Crippen LogP contribution < -0.4 is 19.7 Å². The van der Waals surface area contributed by atoms with Gasteiger partial charge in [-0.2, -0.15) is 0 Å². The van der Waals surface area contributed by atoms with Gasteiger partial charge in [-0.15, -0.1) is 0 Å². The summed E-state index contributed by atoms with van der Waals surface area (Å²) in [5.74, 6) is 2.21. The molecule has 0 unspecified atom stereocenters. The number of methoxy groups -OCH3 is 2. The molecule has 7 heteroatoms. The van der Waals surface area contributed by atoms with Crippen molar-refractivity contribution in [1.29, 1.82) is 0 Å². The van der Waals surface area contributed by atoms with Gasteiger partial charge < -0.3 is 19.7 Å². The molecule has 0 saturated carbocycles. The lowest BCUT2D eigenvalue weighted by atomic mass is 10.2. The molecule has 3 aromatic rings. The van der Waals surface area contributed by atoms with Gasteiger partial charge in [0.25, 0.3) is 5.91 Å². The van der Waals surface area contributed by atoms with Crippen LogP contribution in [0.3, 0.4) is 0 Å². The predicted molar refractivity (Wildman–Crippen MR) is 111 cm³/mol. The zero-order valence-corrected chi connectivity index (χ0v) is 16.6. The van der Waals surface area contributed by atoms with Crippen LogP contribution in [0.5, 0.6) is 11.5 Å². The van der Waals surface area contributed by atoms with Gasteiger partial charge in [0.2, 0.25) is 0 Å². The third-order valence-corrected chi connectivity index (χ3v) is 4.86. The summed E-state index contributed by atoms with van der Waals surface area (Å²) in [6.45, 7) is 2.42. The molecule has 1 aromatic heterocycles. The zero-order valence-electron chi connectivity index (χ0n) is 16.6. The second kappa shape index (κ2) is 7.79. The minimum Gasteiger partial charge on any atom is -0.497 e. The number of para-hydroxylation sites is 1. The fourth-order valence-electron chi connectivity index (χ4n) is 3.47. The van der Waals surface area contributed by atoms with Gasteiger partial charge in [-0.1, -0.05) is 18.2 Å². The molecule has 29 heavy (non-hydrogen) atoms. The summed E-state index contributed by atoms with van der Waals surface area (Å²) in [7, 11) is 3.19. The maximum Gasteiger partial charge on any atom is 0.277 e. The molecule has 0 radical (unpaired) electrons. The van der Waals surface area contributed by atoms with Crippen LogP contribution >= 0.6 is 0 Å². The molecule has 0 atom stereocenters. The third-order valence-electron chi connectivity index (χ3n) is 4.86. The van der Waals surface area contributed by atoms with E-state index in [-0.39, 0.29) is 5.91 Å². The van der Waals surface area contributed by atoms with Crippen LogP contribution in [0.4, 0.5) is 17.2 Å². The van der Waals surface area contributed by atoms with Crippen molar-refractivity contribution in [1.82, 2.24) is 9.97 Å². The molecule has 0 spiro atoms. The number of nitrogens with zero attached hydrogens (tertiary/aromatic N) is 3. The van der Waals surface area contributed by atoms with E-state index in [1.54, 1.807) is 38.2 Å². The Kier molecular flexibility index (Phi) is 5.03. The number of amides is 1. The van der Waals surface area contributed by atoms with Crippen LogP contribution in [0.25, 0.3) is 0 Å². The number of rotatable bonds is 5. The Morgan fingerprint density at radius 2 is 1.90 bits per heavy atom. The van der Waals surface area contributed by atoms with Crippen LogP contribution in [0.2, 0.25) is 0 Å². The topological polar surface area (TPSA) is 76.6 Å². The van der Waals surface area contributed by atoms with Gasteiger partial charge in [0.15, 0.2) is 0 Å². The fourth-order valence-corrected chi connectivity index (χ4v) is 3.47. The summed E-state index contributed by atoms with van der Waals surface area (Å²) in [5, 5.41) is 3.22. The highest BCUT2D eigenvalue weighted by Gasteiger charge is 2.26. The molecule has 1 N–H and O–H groups in total. The maximum absolute atomic E-state index is 13.1. The number of aromatic nitrogens is 2. The normalized spacial score (nSPS) is 12.4. The molecule has 0 aliphatic carbocycles. The Balaban J connectivity index is 1.63. The van der Waals surface area contributed by atoms with E-state index in [0.29, 0.717) is 35.4 Å². The lowest BCUT2D eigenvalue weighted by Gasteiger charge is -2.18. The standard InChI is InChI=1S/C22H22N4O3/c1-14-23-18(22(27)26-11-10-15-6-4-5-7-19(15)26)13-21(24-14)25-17-9-8-16(28-2)12-20(17)29-3/h4-9,12-13H,10-11H2,1-3H3,(H,23,24,25). The molecule has 7 nitrogen and oxygen atoms in total. The van der Waals surface area contributed by atoms with Crippen molar-refractivity contribution in [2.24, 2.45) is 0 Å². The van der Waals surface area contributed by atoms with Gasteiger partial charge in [0.05, 0.1) is 19.9 Å². The molecule has 0 bridgehead atoms. The molecule has 1 amide bonds. The number of anilines is 3. The highest BCUT2D eigenvalue weighted by Crippen LogP contribution is 2.32. The van der Waals surface area contributed by atoms with Crippen molar-refractivity contribution in [2.75, 3.05) is 31.0 Å². The van der Waals surface area contributed by atoms with Crippen molar-refractivity contribution < 1.29 is 14.3 Å². The number of fused-ring (bicyclic) bond motifs is 1. The van der Waals surface area contributed by atoms with E-state index in [2.05, 4.69) is 21.4 Å². The Labute approximate surface area is 169 Å². The number of hydrogen-bond acceptors (Lipinski definition) is 6. The molecule has 1 aliphatic heterocycles. The molecular weight excluding hydrogens is 368 g/mol. The van der Waals surface area contributed by atoms with Crippen LogP contribution in [0.1, 0.15) is 21.9 Å². The van der Waals surface area contributed by atoms with E-state index in [1.807, 2.05) is 30.3 Å². The summed E-state index contributed by atoms with van der Waals surface area (Å²) in [6.07, 6.45) is 0.847. The summed E-state index contributed by atoms with van der Waals surface area (Å²) in [4.78, 5) is 23.7. The highest BCUT2D eigenvalue weighted by atomic mass is 16.5. The quantitative estimate of drug-likeness (QED) is 0.715. The minimum absolute atomic E-state index is 0.134. The average molecular weight is 390 g/mol. The van der Waals surface area contributed by atoms with Crippen molar-refractivity contribution >= 4 is 23.1 Å². The summed E-state index contributed by atoms with van der Waals surface area (Å²) in [5.41, 5.74) is 3.19. The first-order chi connectivity index (χ1) is 14.1. The largest absolute Gasteiger partial charge is 0.497 e. The lowest BCUT2D eigenvalue weighted by molar-refractivity contribution is 0.0984. The maximum atomic E-state index is 13.1. The van der Waals surface area contributed by atoms with Gasteiger partial charge >= 0.3 is 0 Å². The summed E-state index contributed by atoms with van der Waals surface area (Å²) < 4.78 is 10.7. The number of benzene rings is 2. The molecule has 0 saturated heterocycles. The minimum atomic E-state index is -0.134. The zero-order chi connectivity index (χ0) is 20.4. The third kappa shape index (κ3) is 3.71. The number of hydrogen-bond donors (Lipinski definition) is 1. The first kappa shape index (κ1) is 18.7. The Morgan fingerprint density at radius 3 is 2.69 bits per heavy atom.